The molecule has 1 fully saturated rings. The van der Waals surface area contributed by atoms with Crippen molar-refractivity contribution in [3.8, 4) is 5.75 Å². The maximum atomic E-state index is 13.8. The highest BCUT2D eigenvalue weighted by Gasteiger charge is 2.56. The Kier molecular flexibility index (Phi) is 6.99. The first-order valence-corrected chi connectivity index (χ1v) is 14.5. The molecule has 2 aliphatic heterocycles. The number of carbonyl (C=O) groups excluding carboxylic acids is 3. The zero-order valence-electron chi connectivity index (χ0n) is 21.1. The van der Waals surface area contributed by atoms with Crippen LogP contribution < -0.4 is 19.8 Å². The maximum absolute atomic E-state index is 13.8. The first-order valence-electron chi connectivity index (χ1n) is 12.4. The molecular formula is C29H22ClN3O5S2. The third-order valence-electron chi connectivity index (χ3n) is 6.80. The van der Waals surface area contributed by atoms with Crippen LogP contribution in [0.4, 0.5) is 11.4 Å². The van der Waals surface area contributed by atoms with Gasteiger partial charge in [0.1, 0.15) is 11.0 Å². The maximum Gasteiger partial charge on any atom is 0.305 e. The summed E-state index contributed by atoms with van der Waals surface area (Å²) in [6, 6.07) is 21.1. The van der Waals surface area contributed by atoms with E-state index in [4.69, 9.17) is 16.3 Å². The number of carbonyl (C=O) groups is 3. The molecule has 6 rings (SSSR count). The summed E-state index contributed by atoms with van der Waals surface area (Å²) >= 11 is 8.27. The van der Waals surface area contributed by atoms with Gasteiger partial charge >= 0.3 is 4.87 Å². The SMILES string of the molecule is Cc1cccc(NC(=O)COc2cccc(C3c4sc(=O)[nH]c4SC4C(=O)N(c5ccc(Cl)cc5)C(=O)C43)c2)c1. The lowest BCUT2D eigenvalue weighted by molar-refractivity contribution is -0.122. The van der Waals surface area contributed by atoms with E-state index in [-0.39, 0.29) is 29.2 Å². The van der Waals surface area contributed by atoms with Gasteiger partial charge in [-0.05, 0) is 66.6 Å². The second-order valence-corrected chi connectivity index (χ2v) is 12.1. The van der Waals surface area contributed by atoms with Crippen molar-refractivity contribution < 1.29 is 19.1 Å². The van der Waals surface area contributed by atoms with Gasteiger partial charge in [-0.3, -0.25) is 19.2 Å². The molecular weight excluding hydrogens is 570 g/mol. The van der Waals surface area contributed by atoms with E-state index in [0.29, 0.717) is 37.6 Å². The van der Waals surface area contributed by atoms with Gasteiger partial charge < -0.3 is 15.0 Å². The van der Waals surface area contributed by atoms with Crippen molar-refractivity contribution >= 4 is 63.8 Å². The third-order valence-corrected chi connectivity index (χ3v) is 9.45. The molecule has 0 aliphatic carbocycles. The number of hydrogen-bond acceptors (Lipinski definition) is 7. The number of aromatic nitrogens is 1. The fraction of sp³-hybridized carbons (Fsp3) is 0.172. The predicted molar refractivity (Wildman–Crippen MR) is 156 cm³/mol. The Bertz CT molecular complexity index is 1700. The Hall–Kier alpha value is -3.86. The minimum atomic E-state index is -0.730. The molecule has 3 heterocycles. The average Bonchev–Trinajstić information content (AvgIpc) is 3.42. The fourth-order valence-electron chi connectivity index (χ4n) is 5.09. The average molecular weight is 592 g/mol. The summed E-state index contributed by atoms with van der Waals surface area (Å²) in [5.41, 5.74) is 2.86. The number of thiazole rings is 1. The lowest BCUT2D eigenvalue weighted by Crippen LogP contribution is -2.32. The molecule has 40 heavy (non-hydrogen) atoms. The van der Waals surface area contributed by atoms with Crippen LogP contribution in [-0.4, -0.2) is 34.6 Å². The standard InChI is InChI=1S/C29H22ClN3O5S2/c1-15-4-2-6-18(12-15)31-21(34)14-38-20-7-3-5-16(13-20)22-23-25(39-26-24(22)40-29(37)32-26)28(36)33(27(23)35)19-10-8-17(30)9-11-19/h2-13,22-23,25H,14H2,1H3,(H,31,34)(H,32,37). The molecule has 202 valence electrons. The van der Waals surface area contributed by atoms with Crippen LogP contribution in [0.25, 0.3) is 0 Å². The molecule has 1 saturated heterocycles. The highest BCUT2D eigenvalue weighted by atomic mass is 35.5. The molecule has 2 aliphatic rings. The predicted octanol–water partition coefficient (Wildman–Crippen LogP) is 5.21. The van der Waals surface area contributed by atoms with Crippen molar-refractivity contribution in [3.05, 3.63) is 103 Å². The van der Waals surface area contributed by atoms with E-state index in [1.807, 2.05) is 31.2 Å². The quantitative estimate of drug-likeness (QED) is 0.298. The van der Waals surface area contributed by atoms with Crippen molar-refractivity contribution in [1.29, 1.82) is 0 Å². The van der Waals surface area contributed by atoms with Crippen LogP contribution in [0.5, 0.6) is 5.75 Å². The number of fused-ring (bicyclic) bond motifs is 2. The molecule has 3 atom stereocenters. The van der Waals surface area contributed by atoms with Crippen molar-refractivity contribution in [2.24, 2.45) is 5.92 Å². The number of imide groups is 1. The number of nitrogens with one attached hydrogen (secondary N) is 2. The van der Waals surface area contributed by atoms with Gasteiger partial charge in [0.25, 0.3) is 5.91 Å². The Morgan fingerprint density at radius 2 is 1.80 bits per heavy atom. The second kappa shape index (κ2) is 10.6. The smallest absolute Gasteiger partial charge is 0.305 e. The molecule has 3 amide bonds. The normalized spacial score (nSPS) is 19.8. The highest BCUT2D eigenvalue weighted by molar-refractivity contribution is 8.00. The van der Waals surface area contributed by atoms with Crippen molar-refractivity contribution in [3.63, 3.8) is 0 Å². The van der Waals surface area contributed by atoms with E-state index >= 15 is 0 Å². The number of rotatable bonds is 6. The molecule has 0 spiro atoms. The molecule has 0 radical (unpaired) electrons. The first-order chi connectivity index (χ1) is 19.3. The summed E-state index contributed by atoms with van der Waals surface area (Å²) < 4.78 is 5.80. The van der Waals surface area contributed by atoms with Crippen LogP contribution in [0.2, 0.25) is 5.02 Å². The molecule has 1 aromatic heterocycles. The Labute approximate surface area is 242 Å². The molecule has 0 saturated carbocycles. The Morgan fingerprint density at radius 3 is 2.58 bits per heavy atom. The number of halogens is 1. The van der Waals surface area contributed by atoms with E-state index in [1.165, 1.54) is 16.7 Å². The third kappa shape index (κ3) is 4.94. The summed E-state index contributed by atoms with van der Waals surface area (Å²) in [4.78, 5) is 56.7. The summed E-state index contributed by atoms with van der Waals surface area (Å²) in [7, 11) is 0. The van der Waals surface area contributed by atoms with Crippen LogP contribution in [0.1, 0.15) is 21.9 Å². The Balaban J connectivity index is 1.29. The van der Waals surface area contributed by atoms with E-state index in [9.17, 15) is 19.2 Å². The van der Waals surface area contributed by atoms with Crippen LogP contribution in [0.3, 0.4) is 0 Å². The highest BCUT2D eigenvalue weighted by Crippen LogP contribution is 2.53. The van der Waals surface area contributed by atoms with Crippen molar-refractivity contribution in [1.82, 2.24) is 4.98 Å². The van der Waals surface area contributed by atoms with Crippen LogP contribution >= 0.6 is 34.7 Å². The van der Waals surface area contributed by atoms with Gasteiger partial charge in [0, 0.05) is 21.5 Å². The zero-order chi connectivity index (χ0) is 28.0. The van der Waals surface area contributed by atoms with Crippen molar-refractivity contribution in [2.45, 2.75) is 23.1 Å². The van der Waals surface area contributed by atoms with Gasteiger partial charge in [-0.15, -0.1) is 0 Å². The molecule has 4 aromatic rings. The fourth-order valence-corrected chi connectivity index (χ4v) is 7.73. The van der Waals surface area contributed by atoms with E-state index in [1.54, 1.807) is 48.5 Å². The number of aryl methyl sites for hydroxylation is 1. The number of amides is 3. The number of anilines is 2. The largest absolute Gasteiger partial charge is 0.484 e. The van der Waals surface area contributed by atoms with E-state index in [2.05, 4.69) is 10.3 Å². The summed E-state index contributed by atoms with van der Waals surface area (Å²) in [5, 5.41) is 3.18. The molecule has 2 N–H and O–H groups in total. The van der Waals surface area contributed by atoms with Gasteiger partial charge in [-0.2, -0.15) is 0 Å². The monoisotopic (exact) mass is 591 g/mol. The summed E-state index contributed by atoms with van der Waals surface area (Å²) in [5.74, 6) is -1.85. The number of benzene rings is 3. The number of hydrogen-bond donors (Lipinski definition) is 2. The van der Waals surface area contributed by atoms with Crippen LogP contribution in [0, 0.1) is 12.8 Å². The molecule has 0 bridgehead atoms. The summed E-state index contributed by atoms with van der Waals surface area (Å²) in [6.07, 6.45) is 0. The zero-order valence-corrected chi connectivity index (χ0v) is 23.4. The number of nitrogens with zero attached hydrogens (tertiary/aromatic N) is 1. The number of ether oxygens (including phenoxy) is 1. The van der Waals surface area contributed by atoms with Crippen LogP contribution in [0.15, 0.2) is 82.6 Å². The van der Waals surface area contributed by atoms with E-state index < -0.39 is 17.1 Å². The molecule has 3 unspecified atom stereocenters. The topological polar surface area (TPSA) is 109 Å². The van der Waals surface area contributed by atoms with Crippen LogP contribution in [-0.2, 0) is 14.4 Å². The number of thioether (sulfide) groups is 1. The van der Waals surface area contributed by atoms with Gasteiger partial charge in [-0.25, -0.2) is 4.90 Å². The number of aromatic amines is 1. The van der Waals surface area contributed by atoms with Gasteiger partial charge in [0.15, 0.2) is 6.61 Å². The molecule has 11 heteroatoms. The second-order valence-electron chi connectivity index (χ2n) is 9.52. The van der Waals surface area contributed by atoms with Crippen molar-refractivity contribution in [2.75, 3.05) is 16.8 Å². The van der Waals surface area contributed by atoms with Gasteiger partial charge in [-0.1, -0.05) is 59.0 Å². The Morgan fingerprint density at radius 1 is 1.02 bits per heavy atom. The molecule has 8 nitrogen and oxygen atoms in total. The van der Waals surface area contributed by atoms with E-state index in [0.717, 1.165) is 16.9 Å². The lowest BCUT2D eigenvalue weighted by Gasteiger charge is -2.30. The lowest BCUT2D eigenvalue weighted by atomic mass is 9.83. The minimum absolute atomic E-state index is 0.214. The van der Waals surface area contributed by atoms with Gasteiger partial charge in [0.05, 0.1) is 16.6 Å². The minimum Gasteiger partial charge on any atom is -0.484 e. The first kappa shape index (κ1) is 26.4. The molecule has 3 aromatic carbocycles. The summed E-state index contributed by atoms with van der Waals surface area (Å²) in [6.45, 7) is 1.73. The van der Waals surface area contributed by atoms with Gasteiger partial charge in [0.2, 0.25) is 11.8 Å². The number of H-pyrrole nitrogens is 1.